The molecule has 0 unspecified atom stereocenters. The zero-order valence-corrected chi connectivity index (χ0v) is 12.7. The Labute approximate surface area is 124 Å². The van der Waals surface area contributed by atoms with Gasteiger partial charge in [0.2, 0.25) is 0 Å². The summed E-state index contributed by atoms with van der Waals surface area (Å²) in [6, 6.07) is 7.38. The van der Waals surface area contributed by atoms with Gasteiger partial charge in [0.25, 0.3) is 5.91 Å². The fraction of sp³-hybridized carbons (Fsp3) is 0.500. The number of rotatable bonds is 4. The van der Waals surface area contributed by atoms with Crippen molar-refractivity contribution >= 4 is 11.9 Å². The summed E-state index contributed by atoms with van der Waals surface area (Å²) < 4.78 is 9.91. The van der Waals surface area contributed by atoms with Gasteiger partial charge in [0, 0.05) is 25.8 Å². The minimum atomic E-state index is -0.603. The molecule has 1 aliphatic rings. The maximum atomic E-state index is 12.5. The molecule has 1 aromatic rings. The monoisotopic (exact) mass is 291 g/mol. The van der Waals surface area contributed by atoms with Gasteiger partial charge in [0.15, 0.2) is 0 Å². The van der Waals surface area contributed by atoms with Crippen LogP contribution in [0.2, 0.25) is 0 Å². The number of benzene rings is 1. The van der Waals surface area contributed by atoms with Crippen LogP contribution in [0.15, 0.2) is 24.3 Å². The van der Waals surface area contributed by atoms with Crippen molar-refractivity contribution in [1.82, 2.24) is 4.90 Å². The maximum Gasteiger partial charge on any atom is 0.313 e. The molecule has 1 aromatic carbocycles. The second-order valence-corrected chi connectivity index (χ2v) is 5.66. The lowest BCUT2D eigenvalue weighted by Gasteiger charge is -2.22. The van der Waals surface area contributed by atoms with E-state index in [1.807, 2.05) is 25.1 Å². The number of hydrogen-bond acceptors (Lipinski definition) is 4. The highest BCUT2D eigenvalue weighted by Crippen LogP contribution is 2.32. The number of hydrogen-bond donors (Lipinski definition) is 0. The fourth-order valence-electron chi connectivity index (χ4n) is 2.69. The van der Waals surface area contributed by atoms with Crippen LogP contribution >= 0.6 is 0 Å². The standard InChI is InChI=1S/C16H21NO4/c1-16(15(19)21-3)7-8-17(11-16)14(18)13-6-4-5-12(9-13)10-20-2/h4-6,9H,7-8,10-11H2,1-3H3/t16-/m1/s1. The van der Waals surface area contributed by atoms with Gasteiger partial charge in [-0.3, -0.25) is 9.59 Å². The molecular weight excluding hydrogens is 270 g/mol. The fourth-order valence-corrected chi connectivity index (χ4v) is 2.69. The largest absolute Gasteiger partial charge is 0.469 e. The van der Waals surface area contributed by atoms with Gasteiger partial charge in [0.1, 0.15) is 0 Å². The Kier molecular flexibility index (Phi) is 4.63. The molecule has 1 amide bonds. The van der Waals surface area contributed by atoms with E-state index in [0.29, 0.717) is 31.7 Å². The molecule has 0 aromatic heterocycles. The van der Waals surface area contributed by atoms with Gasteiger partial charge >= 0.3 is 5.97 Å². The molecule has 0 aliphatic carbocycles. The zero-order valence-electron chi connectivity index (χ0n) is 12.7. The van der Waals surface area contributed by atoms with Crippen molar-refractivity contribution in [3.8, 4) is 0 Å². The van der Waals surface area contributed by atoms with Crippen molar-refractivity contribution in [2.45, 2.75) is 20.0 Å². The number of esters is 1. The summed E-state index contributed by atoms with van der Waals surface area (Å²) in [5, 5.41) is 0. The molecule has 0 N–H and O–H groups in total. The van der Waals surface area contributed by atoms with Crippen molar-refractivity contribution in [3.63, 3.8) is 0 Å². The summed E-state index contributed by atoms with van der Waals surface area (Å²) in [7, 11) is 3.00. The summed E-state index contributed by atoms with van der Waals surface area (Å²) in [5.74, 6) is -0.313. The minimum Gasteiger partial charge on any atom is -0.469 e. The van der Waals surface area contributed by atoms with Crippen LogP contribution in [0.4, 0.5) is 0 Å². The third kappa shape index (κ3) is 3.24. The molecule has 2 rings (SSSR count). The summed E-state index contributed by atoms with van der Waals surface area (Å²) in [4.78, 5) is 26.0. The first-order chi connectivity index (χ1) is 10.00. The summed E-state index contributed by atoms with van der Waals surface area (Å²) in [5.41, 5.74) is 0.978. The smallest absolute Gasteiger partial charge is 0.313 e. The highest BCUT2D eigenvalue weighted by molar-refractivity contribution is 5.95. The Morgan fingerprint density at radius 3 is 2.76 bits per heavy atom. The lowest BCUT2D eigenvalue weighted by atomic mass is 9.90. The lowest BCUT2D eigenvalue weighted by Crippen LogP contribution is -2.35. The Bertz CT molecular complexity index is 543. The molecule has 1 saturated heterocycles. The number of nitrogens with zero attached hydrogens (tertiary/aromatic N) is 1. The third-order valence-electron chi connectivity index (χ3n) is 3.92. The van der Waals surface area contributed by atoms with Crippen LogP contribution in [0.5, 0.6) is 0 Å². The Morgan fingerprint density at radius 1 is 1.33 bits per heavy atom. The molecule has 5 heteroatoms. The van der Waals surface area contributed by atoms with E-state index in [9.17, 15) is 9.59 Å². The number of ether oxygens (including phenoxy) is 2. The number of carbonyl (C=O) groups excluding carboxylic acids is 2. The Morgan fingerprint density at radius 2 is 2.10 bits per heavy atom. The predicted octanol–water partition coefficient (Wildman–Crippen LogP) is 1.86. The first-order valence-corrected chi connectivity index (χ1v) is 6.96. The van der Waals surface area contributed by atoms with Gasteiger partial charge in [-0.2, -0.15) is 0 Å². The van der Waals surface area contributed by atoms with Gasteiger partial charge in [-0.05, 0) is 31.0 Å². The number of amides is 1. The second-order valence-electron chi connectivity index (χ2n) is 5.66. The molecule has 0 spiro atoms. The zero-order chi connectivity index (χ0) is 15.5. The quantitative estimate of drug-likeness (QED) is 0.795. The minimum absolute atomic E-state index is 0.0550. The van der Waals surface area contributed by atoms with Crippen LogP contribution in [0.3, 0.4) is 0 Å². The SMILES string of the molecule is COCc1cccc(C(=O)N2CC[C@@](C)(C(=O)OC)C2)c1. The highest BCUT2D eigenvalue weighted by atomic mass is 16.5. The normalized spacial score (nSPS) is 21.4. The van der Waals surface area contributed by atoms with Crippen molar-refractivity contribution < 1.29 is 19.1 Å². The van der Waals surface area contributed by atoms with E-state index in [4.69, 9.17) is 9.47 Å². The van der Waals surface area contributed by atoms with Crippen molar-refractivity contribution in [2.75, 3.05) is 27.3 Å². The lowest BCUT2D eigenvalue weighted by molar-refractivity contribution is -0.150. The van der Waals surface area contributed by atoms with Crippen LogP contribution in [-0.2, 0) is 20.9 Å². The molecule has 21 heavy (non-hydrogen) atoms. The molecule has 1 atom stereocenters. The number of carbonyl (C=O) groups is 2. The van der Waals surface area contributed by atoms with Crippen LogP contribution in [0, 0.1) is 5.41 Å². The van der Waals surface area contributed by atoms with E-state index in [2.05, 4.69) is 0 Å². The summed E-state index contributed by atoms with van der Waals surface area (Å²) in [6.07, 6.45) is 0.628. The maximum absolute atomic E-state index is 12.5. The molecule has 0 saturated carbocycles. The second kappa shape index (κ2) is 6.26. The highest BCUT2D eigenvalue weighted by Gasteiger charge is 2.43. The first-order valence-electron chi connectivity index (χ1n) is 6.96. The molecule has 1 heterocycles. The van der Waals surface area contributed by atoms with Gasteiger partial charge in [-0.1, -0.05) is 12.1 Å². The summed E-state index contributed by atoms with van der Waals surface area (Å²) >= 11 is 0. The summed E-state index contributed by atoms with van der Waals surface area (Å²) in [6.45, 7) is 3.28. The predicted molar refractivity (Wildman–Crippen MR) is 77.8 cm³/mol. The van der Waals surface area contributed by atoms with E-state index >= 15 is 0 Å². The molecule has 5 nitrogen and oxygen atoms in total. The van der Waals surface area contributed by atoms with Crippen molar-refractivity contribution in [3.05, 3.63) is 35.4 Å². The Balaban J connectivity index is 2.11. The molecule has 0 radical (unpaired) electrons. The molecule has 114 valence electrons. The van der Waals surface area contributed by atoms with Crippen LogP contribution in [-0.4, -0.2) is 44.1 Å². The molecule has 0 bridgehead atoms. The third-order valence-corrected chi connectivity index (χ3v) is 3.92. The van der Waals surface area contributed by atoms with E-state index in [1.165, 1.54) is 7.11 Å². The molecular formula is C16H21NO4. The van der Waals surface area contributed by atoms with E-state index in [-0.39, 0.29) is 11.9 Å². The number of methoxy groups -OCH3 is 2. The van der Waals surface area contributed by atoms with Gasteiger partial charge in [-0.15, -0.1) is 0 Å². The van der Waals surface area contributed by atoms with Crippen LogP contribution in [0.25, 0.3) is 0 Å². The topological polar surface area (TPSA) is 55.8 Å². The van der Waals surface area contributed by atoms with Crippen molar-refractivity contribution in [2.24, 2.45) is 5.41 Å². The van der Waals surface area contributed by atoms with E-state index < -0.39 is 5.41 Å². The van der Waals surface area contributed by atoms with Gasteiger partial charge in [0.05, 0.1) is 19.1 Å². The number of likely N-dealkylation sites (tertiary alicyclic amines) is 1. The van der Waals surface area contributed by atoms with Crippen LogP contribution in [0.1, 0.15) is 29.3 Å². The van der Waals surface area contributed by atoms with E-state index in [0.717, 1.165) is 5.56 Å². The van der Waals surface area contributed by atoms with Crippen molar-refractivity contribution in [1.29, 1.82) is 0 Å². The first kappa shape index (κ1) is 15.5. The Hall–Kier alpha value is -1.88. The average Bonchev–Trinajstić information content (AvgIpc) is 2.90. The van der Waals surface area contributed by atoms with Gasteiger partial charge < -0.3 is 14.4 Å². The van der Waals surface area contributed by atoms with E-state index in [1.54, 1.807) is 18.1 Å². The van der Waals surface area contributed by atoms with Crippen LogP contribution < -0.4 is 0 Å². The molecule has 1 fully saturated rings. The molecule has 1 aliphatic heterocycles. The van der Waals surface area contributed by atoms with Gasteiger partial charge in [-0.25, -0.2) is 0 Å². The average molecular weight is 291 g/mol.